The Morgan fingerprint density at radius 1 is 1.05 bits per heavy atom. The number of halogens is 2. The number of hydrogen-bond acceptors (Lipinski definition) is 8. The average Bonchev–Trinajstić information content (AvgIpc) is 3.27. The number of nitrogens with two attached hydrogens (primary N) is 1. The van der Waals surface area contributed by atoms with Gasteiger partial charge in [-0.15, -0.1) is 0 Å². The molecule has 12 heteroatoms. The predicted molar refractivity (Wildman–Crippen MR) is 152 cm³/mol. The predicted octanol–water partition coefficient (Wildman–Crippen LogP) is 4.54. The molecule has 38 heavy (non-hydrogen) atoms. The maximum Gasteiger partial charge on any atom is 0.283 e. The number of amides is 2. The fourth-order valence-electron chi connectivity index (χ4n) is 3.68. The largest absolute Gasteiger partial charge is 0.490 e. The Labute approximate surface area is 234 Å². The van der Waals surface area contributed by atoms with Crippen molar-refractivity contribution < 1.29 is 14.3 Å². The molecule has 7 rings (SSSR count). The number of aryl methyl sites for hydroxylation is 1. The second-order valence-corrected chi connectivity index (χ2v) is 10.2. The van der Waals surface area contributed by atoms with Gasteiger partial charge >= 0.3 is 0 Å². The average molecular weight is 574 g/mol. The Balaban J connectivity index is 1.59. The molecule has 0 saturated heterocycles. The van der Waals surface area contributed by atoms with E-state index < -0.39 is 5.91 Å². The van der Waals surface area contributed by atoms with E-state index in [4.69, 9.17) is 33.7 Å². The van der Waals surface area contributed by atoms with E-state index >= 15 is 0 Å². The molecule has 4 aliphatic rings. The van der Waals surface area contributed by atoms with Crippen molar-refractivity contribution in [3.05, 3.63) is 74.6 Å². The first kappa shape index (κ1) is 27.6. The van der Waals surface area contributed by atoms with Crippen molar-refractivity contribution in [1.29, 1.82) is 0 Å². The van der Waals surface area contributed by atoms with E-state index in [1.165, 1.54) is 11.5 Å². The van der Waals surface area contributed by atoms with Crippen molar-refractivity contribution in [1.82, 2.24) is 15.0 Å². The Morgan fingerprint density at radius 3 is 2.53 bits per heavy atom. The maximum atomic E-state index is 13.0. The Kier molecular flexibility index (Phi) is 9.35. The minimum absolute atomic E-state index is 0.0652. The molecule has 0 atom stereocenters. The third-order valence-electron chi connectivity index (χ3n) is 5.55. The number of benzene rings is 2. The van der Waals surface area contributed by atoms with Gasteiger partial charge in [0, 0.05) is 17.0 Å². The van der Waals surface area contributed by atoms with Gasteiger partial charge in [0.05, 0.1) is 33.5 Å². The molecule has 2 amide bonds. The standard InChI is InChI=1S/C26H26Cl2N6O3S/c1-15-22-23(34-38-15)17-5-7-18(8-6-17)37-10-4-2-3-9-30-14-21(35)32-24-19(27)11-16(12-20(24)28)13-31-26(29)33-25(22)36/h2,4-8,11-12,30H,3,9-10,13-14H2,1H3,(H,32,35)(H3,29,31,33,36)/b4-2+. The topological polar surface area (TPSA) is 131 Å². The summed E-state index contributed by atoms with van der Waals surface area (Å²) >= 11 is 14.0. The van der Waals surface area contributed by atoms with Crippen molar-refractivity contribution >= 4 is 58.2 Å². The third kappa shape index (κ3) is 7.11. The summed E-state index contributed by atoms with van der Waals surface area (Å²) in [7, 11) is 0. The molecule has 9 nitrogen and oxygen atoms in total. The number of nitrogens with one attached hydrogen (secondary N) is 3. The van der Waals surface area contributed by atoms with E-state index in [0.29, 0.717) is 41.4 Å². The van der Waals surface area contributed by atoms with Crippen LogP contribution in [0.1, 0.15) is 27.2 Å². The van der Waals surface area contributed by atoms with Gasteiger partial charge in [0.1, 0.15) is 12.4 Å². The number of carbonyl (C=O) groups excluding carboxylic acids is 2. The van der Waals surface area contributed by atoms with Crippen molar-refractivity contribution in [2.24, 2.45) is 10.7 Å². The molecule has 198 valence electrons. The molecule has 0 unspecified atom stereocenters. The highest BCUT2D eigenvalue weighted by atomic mass is 35.5. The fourth-order valence-corrected chi connectivity index (χ4v) is 5.00. The zero-order chi connectivity index (χ0) is 27.1. The van der Waals surface area contributed by atoms with E-state index in [1.807, 2.05) is 43.3 Å². The quantitative estimate of drug-likeness (QED) is 0.291. The van der Waals surface area contributed by atoms with Crippen LogP contribution in [0.25, 0.3) is 11.3 Å². The number of aliphatic imine (C=N–C) groups is 1. The number of guanidine groups is 1. The molecule has 4 aliphatic heterocycles. The van der Waals surface area contributed by atoms with E-state index in [2.05, 4.69) is 25.3 Å². The van der Waals surface area contributed by atoms with Gasteiger partial charge < -0.3 is 26.4 Å². The van der Waals surface area contributed by atoms with Crippen LogP contribution in [0.15, 0.2) is 53.5 Å². The maximum absolute atomic E-state index is 13.0. The molecule has 0 fully saturated rings. The first-order valence-electron chi connectivity index (χ1n) is 11.8. The highest BCUT2D eigenvalue weighted by Gasteiger charge is 2.20. The first-order chi connectivity index (χ1) is 18.3. The molecule has 5 heterocycles. The summed E-state index contributed by atoms with van der Waals surface area (Å²) in [5.74, 6) is -0.151. The fraction of sp³-hybridized carbons (Fsp3) is 0.231. The lowest BCUT2D eigenvalue weighted by molar-refractivity contribution is -0.115. The van der Waals surface area contributed by atoms with E-state index in [1.54, 1.807) is 12.1 Å². The molecule has 4 bridgehead atoms. The number of rotatable bonds is 0. The monoisotopic (exact) mass is 572 g/mol. The smallest absolute Gasteiger partial charge is 0.283 e. The second-order valence-electron chi connectivity index (χ2n) is 8.37. The van der Waals surface area contributed by atoms with E-state index in [0.717, 1.165) is 16.9 Å². The number of hydrogen-bond donors (Lipinski definition) is 4. The number of nitrogens with zero attached hydrogens (tertiary/aromatic N) is 2. The minimum atomic E-state index is -0.505. The van der Waals surface area contributed by atoms with Crippen LogP contribution in [-0.2, 0) is 11.3 Å². The highest BCUT2D eigenvalue weighted by Crippen LogP contribution is 2.32. The summed E-state index contributed by atoms with van der Waals surface area (Å²) in [5, 5.41) is 9.26. The van der Waals surface area contributed by atoms with Gasteiger partial charge in [-0.3, -0.25) is 9.59 Å². The number of ether oxygens (including phenoxy) is 1. The van der Waals surface area contributed by atoms with Crippen LogP contribution in [0.5, 0.6) is 5.75 Å². The number of anilines is 1. The van der Waals surface area contributed by atoms with Crippen LogP contribution >= 0.6 is 34.7 Å². The van der Waals surface area contributed by atoms with Gasteiger partial charge in [-0.25, -0.2) is 0 Å². The van der Waals surface area contributed by atoms with Crippen LogP contribution in [0.4, 0.5) is 5.69 Å². The second kappa shape index (κ2) is 12.9. The zero-order valence-corrected chi connectivity index (χ0v) is 22.8. The number of carbonyl (C=O) groups is 2. The third-order valence-corrected chi connectivity index (χ3v) is 6.90. The molecular formula is C26H26Cl2N6O3S. The summed E-state index contributed by atoms with van der Waals surface area (Å²) in [6.07, 6.45) is 4.61. The summed E-state index contributed by atoms with van der Waals surface area (Å²) in [6.45, 7) is 3.14. The molecule has 2 aromatic carbocycles. The summed E-state index contributed by atoms with van der Waals surface area (Å²) in [5.41, 5.74) is 8.72. The van der Waals surface area contributed by atoms with Crippen LogP contribution < -0.4 is 26.4 Å². The van der Waals surface area contributed by atoms with E-state index in [-0.39, 0.29) is 35.0 Å². The Bertz CT molecular complexity index is 1370. The lowest BCUT2D eigenvalue weighted by Gasteiger charge is -2.13. The molecular weight excluding hydrogens is 547 g/mol. The van der Waals surface area contributed by atoms with Gasteiger partial charge in [-0.2, -0.15) is 9.37 Å². The SMILES string of the molecule is Cc1snc2c1C(=O)/N=C(\N)NCc1cc(Cl)c(c(Cl)c1)NC(=O)CNCC/C=C/COc1ccc-2cc1. The van der Waals surface area contributed by atoms with Gasteiger partial charge in [-0.1, -0.05) is 35.4 Å². The van der Waals surface area contributed by atoms with Gasteiger partial charge in [0.2, 0.25) is 5.91 Å². The molecule has 1 aromatic heterocycles. The van der Waals surface area contributed by atoms with E-state index in [9.17, 15) is 9.59 Å². The molecule has 0 spiro atoms. The van der Waals surface area contributed by atoms with Crippen molar-refractivity contribution in [3.8, 4) is 17.0 Å². The van der Waals surface area contributed by atoms with Gasteiger partial charge in [0.15, 0.2) is 5.96 Å². The first-order valence-corrected chi connectivity index (χ1v) is 13.3. The molecule has 3 aromatic rings. The van der Waals surface area contributed by atoms with Crippen LogP contribution in [0, 0.1) is 6.92 Å². The molecule has 5 N–H and O–H groups in total. The zero-order valence-electron chi connectivity index (χ0n) is 20.5. The Hall–Kier alpha value is -3.44. The van der Waals surface area contributed by atoms with Gasteiger partial charge in [0.25, 0.3) is 5.91 Å². The summed E-state index contributed by atoms with van der Waals surface area (Å²) < 4.78 is 10.2. The molecule has 0 aliphatic carbocycles. The normalized spacial score (nSPS) is 17.7. The van der Waals surface area contributed by atoms with Crippen LogP contribution in [0.2, 0.25) is 10.0 Å². The van der Waals surface area contributed by atoms with Crippen LogP contribution in [0.3, 0.4) is 0 Å². The highest BCUT2D eigenvalue weighted by molar-refractivity contribution is 7.06. The number of aromatic nitrogens is 1. The molecule has 0 saturated carbocycles. The summed E-state index contributed by atoms with van der Waals surface area (Å²) in [6, 6.07) is 10.7. The molecule has 0 radical (unpaired) electrons. The minimum Gasteiger partial charge on any atom is -0.490 e. The summed E-state index contributed by atoms with van der Waals surface area (Å²) in [4.78, 5) is 30.1. The van der Waals surface area contributed by atoms with Crippen molar-refractivity contribution in [2.45, 2.75) is 19.9 Å². The Morgan fingerprint density at radius 2 is 1.79 bits per heavy atom. The lowest BCUT2D eigenvalue weighted by atomic mass is 10.1. The lowest BCUT2D eigenvalue weighted by Crippen LogP contribution is -2.32. The van der Waals surface area contributed by atoms with Crippen LogP contribution in [-0.4, -0.2) is 41.8 Å². The van der Waals surface area contributed by atoms with Gasteiger partial charge in [-0.05, 0) is 73.4 Å². The van der Waals surface area contributed by atoms with Crippen molar-refractivity contribution in [2.75, 3.05) is 25.0 Å². The van der Waals surface area contributed by atoms with Crippen molar-refractivity contribution in [3.63, 3.8) is 0 Å².